The van der Waals surface area contributed by atoms with Gasteiger partial charge >= 0.3 is 0 Å². The molecule has 1 fully saturated rings. The third kappa shape index (κ3) is 1.85. The maximum Gasteiger partial charge on any atom is 0.0223 e. The summed E-state index contributed by atoms with van der Waals surface area (Å²) in [7, 11) is 2.07. The van der Waals surface area contributed by atoms with Crippen LogP contribution in [0.5, 0.6) is 0 Å². The van der Waals surface area contributed by atoms with Crippen LogP contribution >= 0.6 is 0 Å². The first-order valence-electron chi connectivity index (χ1n) is 5.42. The van der Waals surface area contributed by atoms with Crippen molar-refractivity contribution in [3.05, 3.63) is 24.0 Å². The molecule has 0 aliphatic heterocycles. The fraction of sp³-hybridized carbons (Fsp3) is 0.667. The summed E-state index contributed by atoms with van der Waals surface area (Å²) in [6.07, 6.45) is 6.97. The summed E-state index contributed by atoms with van der Waals surface area (Å²) in [6.45, 7) is 5.70. The molecular weight excluding hydrogens is 172 g/mol. The van der Waals surface area contributed by atoms with E-state index in [1.165, 1.54) is 18.4 Å². The monoisotopic (exact) mass is 192 g/mol. The molecule has 2 rings (SSSR count). The highest BCUT2D eigenvalue weighted by Gasteiger charge is 2.37. The molecule has 0 bridgehead atoms. The Morgan fingerprint density at radius 1 is 1.57 bits per heavy atom. The summed E-state index contributed by atoms with van der Waals surface area (Å²) < 4.78 is 2.10. The number of rotatable bonds is 3. The highest BCUT2D eigenvalue weighted by atomic mass is 15.0. The third-order valence-corrected chi connectivity index (χ3v) is 3.47. The third-order valence-electron chi connectivity index (χ3n) is 3.47. The van der Waals surface area contributed by atoms with Gasteiger partial charge in [-0.2, -0.15) is 0 Å². The van der Waals surface area contributed by atoms with E-state index in [0.717, 1.165) is 6.54 Å². The largest absolute Gasteiger partial charge is 0.357 e. The first-order valence-corrected chi connectivity index (χ1v) is 5.42. The number of nitrogens with one attached hydrogen (secondary N) is 1. The smallest absolute Gasteiger partial charge is 0.0223 e. The Balaban J connectivity index is 1.83. The minimum Gasteiger partial charge on any atom is -0.357 e. The zero-order valence-corrected chi connectivity index (χ0v) is 9.38. The van der Waals surface area contributed by atoms with Crippen molar-refractivity contribution in [2.75, 3.05) is 0 Å². The van der Waals surface area contributed by atoms with Crippen LogP contribution in [0.3, 0.4) is 0 Å². The summed E-state index contributed by atoms with van der Waals surface area (Å²) in [5.41, 5.74) is 1.89. The van der Waals surface area contributed by atoms with Crippen molar-refractivity contribution >= 4 is 0 Å². The minimum absolute atomic E-state index is 0.509. The van der Waals surface area contributed by atoms with Crippen LogP contribution in [0.15, 0.2) is 18.5 Å². The van der Waals surface area contributed by atoms with Crippen LogP contribution in [0.25, 0.3) is 0 Å². The summed E-state index contributed by atoms with van der Waals surface area (Å²) >= 11 is 0. The standard InChI is InChI=1S/C12H20N2/c1-12(2)6-4-11(12)13-8-10-5-7-14(3)9-10/h5,7,9,11,13H,4,6,8H2,1-3H3. The normalized spacial score (nSPS) is 24.6. The first-order chi connectivity index (χ1) is 6.58. The maximum atomic E-state index is 3.63. The molecule has 1 heterocycles. The highest BCUT2D eigenvalue weighted by Crippen LogP contribution is 2.39. The van der Waals surface area contributed by atoms with Crippen molar-refractivity contribution in [1.29, 1.82) is 0 Å². The van der Waals surface area contributed by atoms with Gasteiger partial charge < -0.3 is 9.88 Å². The van der Waals surface area contributed by atoms with E-state index in [4.69, 9.17) is 0 Å². The summed E-state index contributed by atoms with van der Waals surface area (Å²) in [6, 6.07) is 2.89. The Kier molecular flexibility index (Phi) is 2.40. The number of aryl methyl sites for hydroxylation is 1. The summed E-state index contributed by atoms with van der Waals surface area (Å²) in [4.78, 5) is 0. The second-order valence-electron chi connectivity index (χ2n) is 5.15. The van der Waals surface area contributed by atoms with Crippen molar-refractivity contribution in [3.63, 3.8) is 0 Å². The van der Waals surface area contributed by atoms with Crippen LogP contribution in [0.4, 0.5) is 0 Å². The van der Waals surface area contributed by atoms with Crippen LogP contribution in [0, 0.1) is 5.41 Å². The van der Waals surface area contributed by atoms with Crippen molar-refractivity contribution < 1.29 is 0 Å². The number of aromatic nitrogens is 1. The molecule has 2 nitrogen and oxygen atoms in total. The molecule has 0 aromatic carbocycles. The average molecular weight is 192 g/mol. The van der Waals surface area contributed by atoms with Gasteiger partial charge in [0.15, 0.2) is 0 Å². The van der Waals surface area contributed by atoms with Gasteiger partial charge in [-0.1, -0.05) is 13.8 Å². The lowest BCUT2D eigenvalue weighted by Gasteiger charge is -2.45. The second kappa shape index (κ2) is 3.43. The predicted octanol–water partition coefficient (Wildman–Crippen LogP) is 2.30. The van der Waals surface area contributed by atoms with Gasteiger partial charge in [-0.25, -0.2) is 0 Å². The molecule has 0 radical (unpaired) electrons. The molecule has 0 saturated heterocycles. The lowest BCUT2D eigenvalue weighted by atomic mass is 9.67. The van der Waals surface area contributed by atoms with Gasteiger partial charge in [0.2, 0.25) is 0 Å². The Morgan fingerprint density at radius 2 is 2.36 bits per heavy atom. The van der Waals surface area contributed by atoms with E-state index in [1.807, 2.05) is 0 Å². The molecule has 1 atom stereocenters. The second-order valence-corrected chi connectivity index (χ2v) is 5.15. The van der Waals surface area contributed by atoms with Gasteiger partial charge in [0.1, 0.15) is 0 Å². The first kappa shape index (κ1) is 9.78. The molecule has 1 saturated carbocycles. The fourth-order valence-corrected chi connectivity index (χ4v) is 2.15. The van der Waals surface area contributed by atoms with Gasteiger partial charge in [-0.05, 0) is 29.9 Å². The minimum atomic E-state index is 0.509. The van der Waals surface area contributed by atoms with Crippen molar-refractivity contribution in [1.82, 2.24) is 9.88 Å². The molecule has 1 aliphatic rings. The van der Waals surface area contributed by atoms with E-state index in [1.54, 1.807) is 0 Å². The Hall–Kier alpha value is -0.760. The van der Waals surface area contributed by atoms with Crippen molar-refractivity contribution in [2.45, 2.75) is 39.3 Å². The van der Waals surface area contributed by atoms with Gasteiger partial charge in [0.25, 0.3) is 0 Å². The lowest BCUT2D eigenvalue weighted by Crippen LogP contribution is -2.49. The van der Waals surface area contributed by atoms with Crippen molar-refractivity contribution in [2.24, 2.45) is 12.5 Å². The molecular formula is C12H20N2. The van der Waals surface area contributed by atoms with E-state index in [-0.39, 0.29) is 0 Å². The van der Waals surface area contributed by atoms with Crippen LogP contribution in [0.1, 0.15) is 32.3 Å². The quantitative estimate of drug-likeness (QED) is 0.777. The van der Waals surface area contributed by atoms with E-state index in [0.29, 0.717) is 11.5 Å². The number of hydrogen-bond donors (Lipinski definition) is 1. The molecule has 0 spiro atoms. The lowest BCUT2D eigenvalue weighted by molar-refractivity contribution is 0.108. The average Bonchev–Trinajstić information content (AvgIpc) is 2.50. The Morgan fingerprint density at radius 3 is 2.79 bits per heavy atom. The Labute approximate surface area is 86.3 Å². The summed E-state index contributed by atoms with van der Waals surface area (Å²) in [5, 5.41) is 3.63. The summed E-state index contributed by atoms with van der Waals surface area (Å²) in [5.74, 6) is 0. The van der Waals surface area contributed by atoms with Crippen LogP contribution in [0.2, 0.25) is 0 Å². The molecule has 1 N–H and O–H groups in total. The van der Waals surface area contributed by atoms with E-state index >= 15 is 0 Å². The zero-order chi connectivity index (χ0) is 10.2. The van der Waals surface area contributed by atoms with E-state index in [9.17, 15) is 0 Å². The molecule has 14 heavy (non-hydrogen) atoms. The van der Waals surface area contributed by atoms with Gasteiger partial charge in [-0.15, -0.1) is 0 Å². The molecule has 1 aromatic rings. The van der Waals surface area contributed by atoms with Crippen molar-refractivity contribution in [3.8, 4) is 0 Å². The van der Waals surface area contributed by atoms with Gasteiger partial charge in [0, 0.05) is 32.0 Å². The maximum absolute atomic E-state index is 3.63. The molecule has 1 aliphatic carbocycles. The van der Waals surface area contributed by atoms with Crippen LogP contribution < -0.4 is 5.32 Å². The van der Waals surface area contributed by atoms with Gasteiger partial charge in [0.05, 0.1) is 0 Å². The predicted molar refractivity (Wildman–Crippen MR) is 59.1 cm³/mol. The Bertz CT molecular complexity index is 312. The number of hydrogen-bond acceptors (Lipinski definition) is 1. The van der Waals surface area contributed by atoms with E-state index in [2.05, 4.69) is 49.2 Å². The molecule has 0 amide bonds. The van der Waals surface area contributed by atoms with Crippen LogP contribution in [-0.4, -0.2) is 10.6 Å². The fourth-order valence-electron chi connectivity index (χ4n) is 2.15. The van der Waals surface area contributed by atoms with E-state index < -0.39 is 0 Å². The zero-order valence-electron chi connectivity index (χ0n) is 9.38. The topological polar surface area (TPSA) is 17.0 Å². The van der Waals surface area contributed by atoms with Crippen LogP contribution in [-0.2, 0) is 13.6 Å². The SMILES string of the molecule is Cn1ccc(CNC2CCC2(C)C)c1. The number of nitrogens with zero attached hydrogens (tertiary/aromatic N) is 1. The molecule has 78 valence electrons. The molecule has 1 unspecified atom stereocenters. The molecule has 1 aromatic heterocycles. The molecule has 2 heteroatoms. The highest BCUT2D eigenvalue weighted by molar-refractivity contribution is 5.10. The van der Waals surface area contributed by atoms with Gasteiger partial charge in [-0.3, -0.25) is 0 Å².